The highest BCUT2D eigenvalue weighted by molar-refractivity contribution is 5.48. The normalized spacial score (nSPS) is 10.1. The van der Waals surface area contributed by atoms with Gasteiger partial charge >= 0.3 is 0 Å². The minimum absolute atomic E-state index is 0.137. The fourth-order valence-electron chi connectivity index (χ4n) is 1.09. The maximum Gasteiger partial charge on any atom is 0.223 e. The molecular weight excluding hydrogens is 196 g/mol. The molecule has 2 aromatic rings. The number of nitrogens with zero attached hydrogens (tertiary/aromatic N) is 3. The first-order chi connectivity index (χ1) is 7.24. The van der Waals surface area contributed by atoms with Crippen molar-refractivity contribution in [3.8, 4) is 0 Å². The lowest BCUT2D eigenvalue weighted by Crippen LogP contribution is -2.06. The molecule has 5 N–H and O–H groups in total. The third-order valence-electron chi connectivity index (χ3n) is 1.71. The number of anilines is 3. The lowest BCUT2D eigenvalue weighted by atomic mass is 10.4. The molecule has 2 rings (SSSR count). The fraction of sp³-hybridized carbons (Fsp3) is 0.125. The van der Waals surface area contributed by atoms with Crippen LogP contribution in [-0.2, 0) is 6.54 Å². The van der Waals surface area contributed by atoms with Crippen LogP contribution in [0.2, 0.25) is 0 Å². The number of hydrogen-bond donors (Lipinski definition) is 3. The molecule has 0 atom stereocenters. The molecule has 2 aromatic heterocycles. The minimum atomic E-state index is 0.137. The van der Waals surface area contributed by atoms with Gasteiger partial charge in [0.05, 0.1) is 6.54 Å². The molecule has 0 saturated carbocycles. The second-order valence-corrected chi connectivity index (χ2v) is 2.88. The van der Waals surface area contributed by atoms with Gasteiger partial charge in [-0.3, -0.25) is 0 Å². The Bertz CT molecular complexity index is 420. The summed E-state index contributed by atoms with van der Waals surface area (Å²) in [5.74, 6) is 1.02. The van der Waals surface area contributed by atoms with Gasteiger partial charge in [0.2, 0.25) is 5.95 Å². The van der Waals surface area contributed by atoms with Crippen LogP contribution in [0.4, 0.5) is 17.6 Å². The van der Waals surface area contributed by atoms with Crippen molar-refractivity contribution < 1.29 is 4.52 Å². The van der Waals surface area contributed by atoms with E-state index in [0.29, 0.717) is 18.2 Å². The van der Waals surface area contributed by atoms with Crippen LogP contribution in [0.25, 0.3) is 0 Å². The largest absolute Gasteiger partial charge is 0.383 e. The Labute approximate surface area is 85.5 Å². The van der Waals surface area contributed by atoms with Crippen LogP contribution in [0.3, 0.4) is 0 Å². The highest BCUT2D eigenvalue weighted by atomic mass is 16.5. The molecule has 0 amide bonds. The van der Waals surface area contributed by atoms with Gasteiger partial charge in [-0.2, -0.15) is 9.97 Å². The molecule has 0 fully saturated rings. The average Bonchev–Trinajstić information content (AvgIpc) is 2.65. The molecule has 78 valence electrons. The summed E-state index contributed by atoms with van der Waals surface area (Å²) in [6.45, 7) is 0.492. The van der Waals surface area contributed by atoms with Gasteiger partial charge in [-0.25, -0.2) is 0 Å². The van der Waals surface area contributed by atoms with Crippen molar-refractivity contribution in [2.45, 2.75) is 6.54 Å². The molecule has 7 heteroatoms. The molecule has 0 aromatic carbocycles. The summed E-state index contributed by atoms with van der Waals surface area (Å²) < 4.78 is 4.68. The SMILES string of the molecule is Nc1cc(NCc2ccon2)nc(N)n1. The quantitative estimate of drug-likeness (QED) is 0.658. The first-order valence-electron chi connectivity index (χ1n) is 4.27. The Kier molecular flexibility index (Phi) is 2.36. The molecule has 7 nitrogen and oxygen atoms in total. The first kappa shape index (κ1) is 9.25. The highest BCUT2D eigenvalue weighted by Gasteiger charge is 2.00. The lowest BCUT2D eigenvalue weighted by molar-refractivity contribution is 0.412. The standard InChI is InChI=1S/C8H10N6O/c9-6-3-7(13-8(10)12-6)11-4-5-1-2-15-14-5/h1-3H,4H2,(H5,9,10,11,12,13). The smallest absolute Gasteiger partial charge is 0.223 e. The van der Waals surface area contributed by atoms with Crippen molar-refractivity contribution in [2.24, 2.45) is 0 Å². The Morgan fingerprint density at radius 1 is 1.33 bits per heavy atom. The lowest BCUT2D eigenvalue weighted by Gasteiger charge is -2.04. The number of aromatic nitrogens is 3. The monoisotopic (exact) mass is 206 g/mol. The Balaban J connectivity index is 2.05. The number of nitrogens with one attached hydrogen (secondary N) is 1. The second kappa shape index (κ2) is 3.82. The zero-order chi connectivity index (χ0) is 10.7. The average molecular weight is 206 g/mol. The van der Waals surface area contributed by atoms with E-state index in [4.69, 9.17) is 11.5 Å². The third-order valence-corrected chi connectivity index (χ3v) is 1.71. The van der Waals surface area contributed by atoms with Crippen molar-refractivity contribution in [1.29, 1.82) is 0 Å². The van der Waals surface area contributed by atoms with E-state index >= 15 is 0 Å². The van der Waals surface area contributed by atoms with Crippen LogP contribution in [-0.4, -0.2) is 15.1 Å². The topological polar surface area (TPSA) is 116 Å². The zero-order valence-corrected chi connectivity index (χ0v) is 7.84. The minimum Gasteiger partial charge on any atom is -0.383 e. The van der Waals surface area contributed by atoms with Crippen molar-refractivity contribution in [2.75, 3.05) is 16.8 Å². The Hall–Kier alpha value is -2.31. The van der Waals surface area contributed by atoms with Crippen LogP contribution in [0.5, 0.6) is 0 Å². The van der Waals surface area contributed by atoms with Crippen LogP contribution in [0.15, 0.2) is 22.9 Å². The Morgan fingerprint density at radius 3 is 2.87 bits per heavy atom. The molecule has 15 heavy (non-hydrogen) atoms. The van der Waals surface area contributed by atoms with E-state index in [9.17, 15) is 0 Å². The first-order valence-corrected chi connectivity index (χ1v) is 4.27. The summed E-state index contributed by atoms with van der Waals surface area (Å²) in [6.07, 6.45) is 1.50. The predicted molar refractivity (Wildman–Crippen MR) is 54.7 cm³/mol. The maximum atomic E-state index is 5.50. The summed E-state index contributed by atoms with van der Waals surface area (Å²) in [7, 11) is 0. The van der Waals surface area contributed by atoms with Gasteiger partial charge in [0, 0.05) is 12.1 Å². The molecule has 0 bridgehead atoms. The highest BCUT2D eigenvalue weighted by Crippen LogP contribution is 2.10. The number of nitrogens with two attached hydrogens (primary N) is 2. The van der Waals surface area contributed by atoms with E-state index in [-0.39, 0.29) is 5.95 Å². The van der Waals surface area contributed by atoms with E-state index in [1.807, 2.05) is 0 Å². The fourth-order valence-corrected chi connectivity index (χ4v) is 1.09. The van der Waals surface area contributed by atoms with E-state index in [1.165, 1.54) is 6.26 Å². The van der Waals surface area contributed by atoms with Crippen molar-refractivity contribution >= 4 is 17.6 Å². The molecule has 0 radical (unpaired) electrons. The van der Waals surface area contributed by atoms with E-state index in [0.717, 1.165) is 5.69 Å². The van der Waals surface area contributed by atoms with Gasteiger partial charge in [-0.1, -0.05) is 5.16 Å². The van der Waals surface area contributed by atoms with Gasteiger partial charge in [0.15, 0.2) is 0 Å². The molecule has 0 aliphatic rings. The molecule has 0 spiro atoms. The zero-order valence-electron chi connectivity index (χ0n) is 7.84. The van der Waals surface area contributed by atoms with E-state index < -0.39 is 0 Å². The van der Waals surface area contributed by atoms with Crippen LogP contribution >= 0.6 is 0 Å². The molecule has 2 heterocycles. The van der Waals surface area contributed by atoms with Crippen molar-refractivity contribution in [1.82, 2.24) is 15.1 Å². The number of nitrogen functional groups attached to an aromatic ring is 2. The maximum absolute atomic E-state index is 5.50. The van der Waals surface area contributed by atoms with Crippen LogP contribution in [0.1, 0.15) is 5.69 Å². The predicted octanol–water partition coefficient (Wildman–Crippen LogP) is 0.241. The number of rotatable bonds is 3. The van der Waals surface area contributed by atoms with Crippen molar-refractivity contribution in [3.63, 3.8) is 0 Å². The molecular formula is C8H10N6O. The Morgan fingerprint density at radius 2 is 2.20 bits per heavy atom. The molecule has 0 aliphatic carbocycles. The van der Waals surface area contributed by atoms with Gasteiger partial charge in [0.25, 0.3) is 0 Å². The molecule has 0 unspecified atom stereocenters. The van der Waals surface area contributed by atoms with E-state index in [2.05, 4.69) is 25.0 Å². The van der Waals surface area contributed by atoms with Crippen LogP contribution in [0, 0.1) is 0 Å². The molecule has 0 aliphatic heterocycles. The van der Waals surface area contributed by atoms with Crippen LogP contribution < -0.4 is 16.8 Å². The van der Waals surface area contributed by atoms with E-state index in [1.54, 1.807) is 12.1 Å². The number of hydrogen-bond acceptors (Lipinski definition) is 7. The molecule has 0 saturated heterocycles. The van der Waals surface area contributed by atoms with Gasteiger partial charge in [-0.05, 0) is 0 Å². The summed E-state index contributed by atoms with van der Waals surface area (Å²) >= 11 is 0. The second-order valence-electron chi connectivity index (χ2n) is 2.88. The summed E-state index contributed by atoms with van der Waals surface area (Å²) in [5.41, 5.74) is 11.7. The van der Waals surface area contributed by atoms with Gasteiger partial charge in [0.1, 0.15) is 23.6 Å². The third kappa shape index (κ3) is 2.33. The van der Waals surface area contributed by atoms with Gasteiger partial charge < -0.3 is 21.3 Å². The summed E-state index contributed by atoms with van der Waals surface area (Å²) in [4.78, 5) is 7.70. The summed E-state index contributed by atoms with van der Waals surface area (Å²) in [5, 5.41) is 6.73. The van der Waals surface area contributed by atoms with Gasteiger partial charge in [-0.15, -0.1) is 0 Å². The van der Waals surface area contributed by atoms with Crippen molar-refractivity contribution in [3.05, 3.63) is 24.1 Å². The summed E-state index contributed by atoms with van der Waals surface area (Å²) in [6, 6.07) is 3.34.